The van der Waals surface area contributed by atoms with E-state index in [1.807, 2.05) is 0 Å². The molecular formula is C5H11N5O2. The lowest BCUT2D eigenvalue weighted by Crippen LogP contribution is -2.49. The number of hydrogen-bond donors (Lipinski definition) is 4. The molecule has 1 rings (SSSR count). The first-order valence-electron chi connectivity index (χ1n) is 3.52. The molecule has 0 atom stereocenters. The highest BCUT2D eigenvalue weighted by Gasteiger charge is 2.26. The number of nitrogens with one attached hydrogen (secondary N) is 4. The van der Waals surface area contributed by atoms with E-state index in [9.17, 15) is 9.59 Å². The van der Waals surface area contributed by atoms with Crippen molar-refractivity contribution in [2.45, 2.75) is 19.9 Å². The molecule has 1 heterocycles. The van der Waals surface area contributed by atoms with Crippen LogP contribution in [0.3, 0.4) is 0 Å². The zero-order valence-electron chi connectivity index (χ0n) is 6.84. The molecule has 1 aliphatic rings. The maximum absolute atomic E-state index is 11.1. The number of carbonyl (C=O) groups is 2. The summed E-state index contributed by atoms with van der Waals surface area (Å²) in [5.74, 6) is 0. The Hall–Kier alpha value is -1.34. The predicted octanol–water partition coefficient (Wildman–Crippen LogP) is -0.946. The van der Waals surface area contributed by atoms with E-state index in [1.54, 1.807) is 13.8 Å². The average Bonchev–Trinajstić information content (AvgIpc) is 2.33. The minimum absolute atomic E-state index is 0.00676. The maximum atomic E-state index is 11.1. The van der Waals surface area contributed by atoms with Gasteiger partial charge in [-0.05, 0) is 13.8 Å². The lowest BCUT2D eigenvalue weighted by Gasteiger charge is -2.14. The van der Waals surface area contributed by atoms with Gasteiger partial charge in [0.2, 0.25) is 0 Å². The summed E-state index contributed by atoms with van der Waals surface area (Å²) >= 11 is 0. The van der Waals surface area contributed by atoms with Gasteiger partial charge in [-0.1, -0.05) is 0 Å². The topological polar surface area (TPSA) is 85.5 Å². The number of amides is 4. The molecule has 0 bridgehead atoms. The van der Waals surface area contributed by atoms with Crippen LogP contribution in [0.15, 0.2) is 0 Å². The molecule has 4 amide bonds. The van der Waals surface area contributed by atoms with Crippen LogP contribution < -0.4 is 21.8 Å². The number of nitrogens with zero attached hydrogens (tertiary/aromatic N) is 1. The Morgan fingerprint density at radius 3 is 2.67 bits per heavy atom. The summed E-state index contributed by atoms with van der Waals surface area (Å²) in [6.07, 6.45) is 0. The van der Waals surface area contributed by atoms with Crippen LogP contribution in [0.4, 0.5) is 9.59 Å². The van der Waals surface area contributed by atoms with Crippen molar-refractivity contribution in [2.24, 2.45) is 0 Å². The zero-order chi connectivity index (χ0) is 9.14. The smallest absolute Gasteiger partial charge is 0.334 e. The van der Waals surface area contributed by atoms with E-state index >= 15 is 0 Å². The highest BCUT2D eigenvalue weighted by Crippen LogP contribution is 1.89. The third-order valence-corrected chi connectivity index (χ3v) is 1.16. The van der Waals surface area contributed by atoms with E-state index in [1.165, 1.54) is 0 Å². The van der Waals surface area contributed by atoms with Gasteiger partial charge in [-0.25, -0.2) is 9.59 Å². The van der Waals surface area contributed by atoms with Gasteiger partial charge in [0.25, 0.3) is 0 Å². The number of urea groups is 2. The molecule has 7 heteroatoms. The fourth-order valence-electron chi connectivity index (χ4n) is 0.698. The van der Waals surface area contributed by atoms with Crippen LogP contribution in [0.5, 0.6) is 0 Å². The second-order valence-corrected chi connectivity index (χ2v) is 2.61. The van der Waals surface area contributed by atoms with Gasteiger partial charge in [-0.2, -0.15) is 5.01 Å². The van der Waals surface area contributed by atoms with E-state index in [2.05, 4.69) is 21.8 Å². The average molecular weight is 173 g/mol. The van der Waals surface area contributed by atoms with Crippen molar-refractivity contribution in [1.29, 1.82) is 0 Å². The standard InChI is InChI=1S/C5H11N5O2/c1-3(2)6-4(11)10-5(12)7-8-9-10/h3,8-9H,1-2H3,(H,6,11)(H,7,12). The summed E-state index contributed by atoms with van der Waals surface area (Å²) in [6.45, 7) is 3.61. The van der Waals surface area contributed by atoms with Gasteiger partial charge in [0.05, 0.1) is 0 Å². The monoisotopic (exact) mass is 173 g/mol. The zero-order valence-corrected chi connectivity index (χ0v) is 6.84. The lowest BCUT2D eigenvalue weighted by molar-refractivity contribution is 0.180. The molecule has 0 aromatic heterocycles. The number of carbonyl (C=O) groups excluding carboxylic acids is 2. The summed E-state index contributed by atoms with van der Waals surface area (Å²) in [5, 5.41) is 3.34. The van der Waals surface area contributed by atoms with Gasteiger partial charge < -0.3 is 5.32 Å². The van der Waals surface area contributed by atoms with E-state index in [0.717, 1.165) is 5.01 Å². The minimum Gasteiger partial charge on any atom is -0.334 e. The number of hydrazine groups is 3. The van der Waals surface area contributed by atoms with Gasteiger partial charge in [-0.3, -0.25) is 5.43 Å². The molecule has 1 aliphatic heterocycles. The molecule has 1 saturated heterocycles. The fraction of sp³-hybridized carbons (Fsp3) is 0.600. The second-order valence-electron chi connectivity index (χ2n) is 2.61. The molecule has 0 unspecified atom stereocenters. The van der Waals surface area contributed by atoms with Crippen LogP contribution in [0.25, 0.3) is 0 Å². The highest BCUT2D eigenvalue weighted by molar-refractivity contribution is 5.93. The fourth-order valence-corrected chi connectivity index (χ4v) is 0.698. The molecule has 12 heavy (non-hydrogen) atoms. The summed E-state index contributed by atoms with van der Waals surface area (Å²) < 4.78 is 0. The molecule has 4 N–H and O–H groups in total. The highest BCUT2D eigenvalue weighted by atomic mass is 16.2. The number of rotatable bonds is 1. The van der Waals surface area contributed by atoms with Crippen LogP contribution in [0, 0.1) is 0 Å². The quantitative estimate of drug-likeness (QED) is 0.412. The van der Waals surface area contributed by atoms with Gasteiger partial charge in [0.15, 0.2) is 0 Å². The van der Waals surface area contributed by atoms with E-state index in [-0.39, 0.29) is 6.04 Å². The van der Waals surface area contributed by atoms with Gasteiger partial charge in [-0.15, -0.1) is 11.1 Å². The van der Waals surface area contributed by atoms with E-state index in [0.29, 0.717) is 0 Å². The first-order valence-corrected chi connectivity index (χ1v) is 3.52. The molecule has 7 nitrogen and oxygen atoms in total. The first-order chi connectivity index (χ1) is 5.61. The molecule has 0 spiro atoms. The Labute approximate surface area is 69.4 Å². The second kappa shape index (κ2) is 3.37. The summed E-state index contributed by atoms with van der Waals surface area (Å²) in [5.41, 5.74) is 6.80. The number of imide groups is 1. The van der Waals surface area contributed by atoms with Crippen LogP contribution >= 0.6 is 0 Å². The maximum Gasteiger partial charge on any atom is 0.357 e. The van der Waals surface area contributed by atoms with E-state index < -0.39 is 12.1 Å². The summed E-state index contributed by atoms with van der Waals surface area (Å²) in [7, 11) is 0. The van der Waals surface area contributed by atoms with Crippen molar-refractivity contribution in [2.75, 3.05) is 0 Å². The van der Waals surface area contributed by atoms with Crippen molar-refractivity contribution in [1.82, 2.24) is 26.8 Å². The third-order valence-electron chi connectivity index (χ3n) is 1.16. The van der Waals surface area contributed by atoms with Crippen LogP contribution in [0.1, 0.15) is 13.8 Å². The first kappa shape index (κ1) is 8.75. The van der Waals surface area contributed by atoms with Crippen LogP contribution in [-0.4, -0.2) is 23.1 Å². The molecule has 1 fully saturated rings. The van der Waals surface area contributed by atoms with Crippen molar-refractivity contribution in [3.63, 3.8) is 0 Å². The molecule has 68 valence electrons. The molecular weight excluding hydrogens is 162 g/mol. The third kappa shape index (κ3) is 1.83. The van der Waals surface area contributed by atoms with Gasteiger partial charge in [0.1, 0.15) is 0 Å². The molecule has 0 radical (unpaired) electrons. The molecule has 0 aromatic carbocycles. The minimum atomic E-state index is -0.534. The molecule has 0 aliphatic carbocycles. The normalized spacial score (nSPS) is 16.6. The predicted molar refractivity (Wildman–Crippen MR) is 40.3 cm³/mol. The van der Waals surface area contributed by atoms with Crippen LogP contribution in [0.2, 0.25) is 0 Å². The van der Waals surface area contributed by atoms with Crippen molar-refractivity contribution in [3.8, 4) is 0 Å². The van der Waals surface area contributed by atoms with Crippen molar-refractivity contribution < 1.29 is 9.59 Å². The van der Waals surface area contributed by atoms with Crippen molar-refractivity contribution in [3.05, 3.63) is 0 Å². The lowest BCUT2D eigenvalue weighted by atomic mass is 10.4. The molecule has 0 saturated carbocycles. The van der Waals surface area contributed by atoms with Gasteiger partial charge >= 0.3 is 12.1 Å². The van der Waals surface area contributed by atoms with E-state index in [4.69, 9.17) is 0 Å². The van der Waals surface area contributed by atoms with Crippen molar-refractivity contribution >= 4 is 12.1 Å². The Kier molecular flexibility index (Phi) is 2.46. The Morgan fingerprint density at radius 2 is 2.25 bits per heavy atom. The molecule has 0 aromatic rings. The SMILES string of the molecule is CC(C)NC(=O)N1NNNC1=O. The van der Waals surface area contributed by atoms with Crippen LogP contribution in [-0.2, 0) is 0 Å². The largest absolute Gasteiger partial charge is 0.357 e. The Balaban J connectivity index is 2.46. The summed E-state index contributed by atoms with van der Waals surface area (Å²) in [6, 6.07) is -1.03. The number of hydrogen-bond acceptors (Lipinski definition) is 4. The Morgan fingerprint density at radius 1 is 1.58 bits per heavy atom. The van der Waals surface area contributed by atoms with Gasteiger partial charge in [0, 0.05) is 6.04 Å². The summed E-state index contributed by atoms with van der Waals surface area (Å²) in [4.78, 5) is 21.9. The Bertz CT molecular complexity index is 204.